The van der Waals surface area contributed by atoms with Crippen LogP contribution in [0.2, 0.25) is 0 Å². The van der Waals surface area contributed by atoms with Crippen LogP contribution in [0.3, 0.4) is 0 Å². The third-order valence-corrected chi connectivity index (χ3v) is 6.18. The number of methoxy groups -OCH3 is 1. The van der Waals surface area contributed by atoms with Crippen LogP contribution in [-0.2, 0) is 29.1 Å². The maximum absolute atomic E-state index is 11.1. The van der Waals surface area contributed by atoms with Gasteiger partial charge in [-0.05, 0) is 37.6 Å². The fraction of sp³-hybridized carbons (Fsp3) is 0.375. The van der Waals surface area contributed by atoms with E-state index >= 15 is 0 Å². The number of para-hydroxylation sites is 1. The fourth-order valence-electron chi connectivity index (χ4n) is 4.26. The normalized spacial score (nSPS) is 16.8. The molecule has 4 rings (SSSR count). The van der Waals surface area contributed by atoms with Gasteiger partial charge in [-0.15, -0.1) is 0 Å². The van der Waals surface area contributed by atoms with Gasteiger partial charge in [0.25, 0.3) is 0 Å². The Balaban J connectivity index is 1.55. The van der Waals surface area contributed by atoms with E-state index in [-0.39, 0.29) is 6.42 Å². The quantitative estimate of drug-likeness (QED) is 0.457. The van der Waals surface area contributed by atoms with Gasteiger partial charge in [0, 0.05) is 46.2 Å². The van der Waals surface area contributed by atoms with Crippen molar-refractivity contribution in [2.45, 2.75) is 38.5 Å². The zero-order valence-electron chi connectivity index (χ0n) is 17.5. The molecule has 164 valence electrons. The number of carboxylic acid groups (broad SMARTS) is 1. The molecule has 0 bridgehead atoms. The molecular formula is C24H26BrNO5. The van der Waals surface area contributed by atoms with Crippen molar-refractivity contribution >= 4 is 32.9 Å². The third kappa shape index (κ3) is 5.11. The molecule has 7 heteroatoms. The summed E-state index contributed by atoms with van der Waals surface area (Å²) in [5.74, 6) is -0.305. The average Bonchev–Trinajstić information content (AvgIpc) is 3.34. The van der Waals surface area contributed by atoms with Crippen molar-refractivity contribution in [1.82, 2.24) is 4.90 Å². The Morgan fingerprint density at radius 2 is 2.10 bits per heavy atom. The van der Waals surface area contributed by atoms with Crippen LogP contribution in [0.25, 0.3) is 11.0 Å². The Kier molecular flexibility index (Phi) is 6.95. The van der Waals surface area contributed by atoms with Crippen molar-refractivity contribution in [3.05, 3.63) is 63.8 Å². The van der Waals surface area contributed by atoms with Gasteiger partial charge in [0.15, 0.2) is 0 Å². The van der Waals surface area contributed by atoms with Crippen LogP contribution in [0.5, 0.6) is 5.75 Å². The van der Waals surface area contributed by atoms with Gasteiger partial charge in [-0.3, -0.25) is 9.69 Å². The molecule has 0 spiro atoms. The summed E-state index contributed by atoms with van der Waals surface area (Å²) in [7, 11) is 1.75. The molecule has 1 aliphatic rings. The van der Waals surface area contributed by atoms with Gasteiger partial charge in [0.2, 0.25) is 0 Å². The van der Waals surface area contributed by atoms with E-state index in [4.69, 9.17) is 19.0 Å². The molecule has 2 heterocycles. The third-order valence-electron chi connectivity index (χ3n) is 5.72. The first-order valence-electron chi connectivity index (χ1n) is 10.4. The number of furan rings is 1. The van der Waals surface area contributed by atoms with E-state index in [9.17, 15) is 4.79 Å². The number of hydrogen-bond acceptors (Lipinski definition) is 5. The molecule has 1 saturated heterocycles. The van der Waals surface area contributed by atoms with E-state index in [1.165, 1.54) is 6.42 Å². The zero-order valence-corrected chi connectivity index (χ0v) is 19.1. The van der Waals surface area contributed by atoms with E-state index in [1.807, 2.05) is 18.2 Å². The highest BCUT2D eigenvalue weighted by atomic mass is 79.9. The van der Waals surface area contributed by atoms with Gasteiger partial charge in [0.05, 0.1) is 19.3 Å². The smallest absolute Gasteiger partial charge is 0.307 e. The number of aliphatic carboxylic acids is 1. The maximum Gasteiger partial charge on any atom is 0.307 e. The van der Waals surface area contributed by atoms with Crippen molar-refractivity contribution in [2.75, 3.05) is 20.3 Å². The summed E-state index contributed by atoms with van der Waals surface area (Å²) in [5.41, 5.74) is 3.58. The van der Waals surface area contributed by atoms with Gasteiger partial charge in [-0.25, -0.2) is 0 Å². The molecule has 1 N–H and O–H groups in total. The summed E-state index contributed by atoms with van der Waals surface area (Å²) >= 11 is 3.64. The number of fused-ring (bicyclic) bond motifs is 1. The number of halogens is 1. The SMILES string of the molecule is COCC1CCCN1Cc1cc(Br)cc2c(COc3ccccc3CC(=O)O)coc12. The highest BCUT2D eigenvalue weighted by Gasteiger charge is 2.25. The molecule has 1 aromatic heterocycles. The number of rotatable bonds is 9. The monoisotopic (exact) mass is 487 g/mol. The second-order valence-electron chi connectivity index (χ2n) is 7.89. The molecule has 3 aromatic rings. The number of nitrogens with zero attached hydrogens (tertiary/aromatic N) is 1. The lowest BCUT2D eigenvalue weighted by atomic mass is 10.1. The summed E-state index contributed by atoms with van der Waals surface area (Å²) in [6.07, 6.45) is 3.99. The molecule has 1 atom stereocenters. The van der Waals surface area contributed by atoms with Gasteiger partial charge < -0.3 is 19.0 Å². The minimum Gasteiger partial charge on any atom is -0.488 e. The maximum atomic E-state index is 11.1. The number of ether oxygens (including phenoxy) is 2. The second kappa shape index (κ2) is 9.85. The van der Waals surface area contributed by atoms with Crippen molar-refractivity contribution in [1.29, 1.82) is 0 Å². The summed E-state index contributed by atoms with van der Waals surface area (Å²) in [6, 6.07) is 11.8. The van der Waals surface area contributed by atoms with Gasteiger partial charge in [-0.2, -0.15) is 0 Å². The Bertz CT molecular complexity index is 1060. The van der Waals surface area contributed by atoms with Crippen molar-refractivity contribution < 1.29 is 23.8 Å². The minimum absolute atomic E-state index is 0.0729. The lowest BCUT2D eigenvalue weighted by Crippen LogP contribution is -2.32. The molecular weight excluding hydrogens is 462 g/mol. The molecule has 0 amide bonds. The second-order valence-corrected chi connectivity index (χ2v) is 8.81. The Morgan fingerprint density at radius 3 is 2.90 bits per heavy atom. The molecule has 6 nitrogen and oxygen atoms in total. The van der Waals surface area contributed by atoms with Gasteiger partial charge in [0.1, 0.15) is 17.9 Å². The molecule has 1 unspecified atom stereocenters. The number of hydrogen-bond donors (Lipinski definition) is 1. The Morgan fingerprint density at radius 1 is 1.26 bits per heavy atom. The molecule has 0 aliphatic carbocycles. The molecule has 1 aliphatic heterocycles. The molecule has 1 fully saturated rings. The van der Waals surface area contributed by atoms with Crippen LogP contribution in [0.15, 0.2) is 51.6 Å². The van der Waals surface area contributed by atoms with E-state index in [1.54, 1.807) is 25.5 Å². The topological polar surface area (TPSA) is 72.1 Å². The van der Waals surface area contributed by atoms with Crippen LogP contribution in [0.1, 0.15) is 29.5 Å². The predicted octanol–water partition coefficient (Wildman–Crippen LogP) is 5.01. The van der Waals surface area contributed by atoms with E-state index in [0.717, 1.165) is 52.7 Å². The molecule has 31 heavy (non-hydrogen) atoms. The van der Waals surface area contributed by atoms with Crippen LogP contribution < -0.4 is 4.74 Å². The first-order valence-corrected chi connectivity index (χ1v) is 11.2. The average molecular weight is 488 g/mol. The molecule has 0 radical (unpaired) electrons. The summed E-state index contributed by atoms with van der Waals surface area (Å²) < 4.78 is 18.3. The van der Waals surface area contributed by atoms with Crippen LogP contribution >= 0.6 is 15.9 Å². The van der Waals surface area contributed by atoms with Crippen LogP contribution in [0.4, 0.5) is 0 Å². The van der Waals surface area contributed by atoms with E-state index in [2.05, 4.69) is 26.9 Å². The van der Waals surface area contributed by atoms with E-state index < -0.39 is 5.97 Å². The van der Waals surface area contributed by atoms with E-state index in [0.29, 0.717) is 24.0 Å². The highest BCUT2D eigenvalue weighted by Crippen LogP contribution is 2.32. The molecule has 2 aromatic carbocycles. The summed E-state index contributed by atoms with van der Waals surface area (Å²) in [6.45, 7) is 2.90. The first kappa shape index (κ1) is 21.9. The fourth-order valence-corrected chi connectivity index (χ4v) is 4.77. The van der Waals surface area contributed by atoms with Crippen molar-refractivity contribution in [3.8, 4) is 5.75 Å². The Hall–Kier alpha value is -2.35. The van der Waals surface area contributed by atoms with Crippen LogP contribution in [0, 0.1) is 0 Å². The number of carboxylic acids is 1. The molecule has 0 saturated carbocycles. The number of carbonyl (C=O) groups is 1. The minimum atomic E-state index is -0.882. The van der Waals surface area contributed by atoms with Gasteiger partial charge in [-0.1, -0.05) is 34.1 Å². The Labute approximate surface area is 189 Å². The standard InChI is InChI=1S/C24H26BrNO5/c1-29-15-20-6-4-8-26(20)12-17-9-19(25)11-21-18(14-31-24(17)21)13-30-22-7-3-2-5-16(22)10-23(27)28/h2-3,5,7,9,11,14,20H,4,6,8,10,12-13,15H2,1H3,(H,27,28). The largest absolute Gasteiger partial charge is 0.488 e. The zero-order chi connectivity index (χ0) is 21.8. The van der Waals surface area contributed by atoms with Crippen LogP contribution in [-0.4, -0.2) is 42.3 Å². The number of benzene rings is 2. The number of likely N-dealkylation sites (tertiary alicyclic amines) is 1. The van der Waals surface area contributed by atoms with Gasteiger partial charge >= 0.3 is 5.97 Å². The van der Waals surface area contributed by atoms with Crippen molar-refractivity contribution in [3.63, 3.8) is 0 Å². The first-order chi connectivity index (χ1) is 15.0. The lowest BCUT2D eigenvalue weighted by molar-refractivity contribution is -0.136. The lowest BCUT2D eigenvalue weighted by Gasteiger charge is -2.24. The summed E-state index contributed by atoms with van der Waals surface area (Å²) in [5, 5.41) is 10.1. The predicted molar refractivity (Wildman–Crippen MR) is 121 cm³/mol. The highest BCUT2D eigenvalue weighted by molar-refractivity contribution is 9.10. The van der Waals surface area contributed by atoms with Crippen molar-refractivity contribution in [2.24, 2.45) is 0 Å². The summed E-state index contributed by atoms with van der Waals surface area (Å²) in [4.78, 5) is 13.6.